The van der Waals surface area contributed by atoms with Crippen LogP contribution in [0.1, 0.15) is 36.2 Å². The maximum absolute atomic E-state index is 6.22. The van der Waals surface area contributed by atoms with Gasteiger partial charge < -0.3 is 9.30 Å². The molecule has 0 radical (unpaired) electrons. The van der Waals surface area contributed by atoms with Crippen molar-refractivity contribution >= 4 is 21.7 Å². The summed E-state index contributed by atoms with van der Waals surface area (Å²) >= 11 is 0. The molecular weight excluding hydrogens is 308 g/mol. The normalized spacial score (nSPS) is 21.3. The van der Waals surface area contributed by atoms with E-state index in [9.17, 15) is 0 Å². The summed E-state index contributed by atoms with van der Waals surface area (Å²) in [7, 11) is 2.14. The lowest BCUT2D eigenvalue weighted by atomic mass is 9.86. The van der Waals surface area contributed by atoms with Gasteiger partial charge in [-0.3, -0.25) is 4.98 Å². The Morgan fingerprint density at radius 2 is 1.88 bits per heavy atom. The van der Waals surface area contributed by atoms with Gasteiger partial charge in [-0.2, -0.15) is 0 Å². The third-order valence-electron chi connectivity index (χ3n) is 5.88. The van der Waals surface area contributed by atoms with Crippen molar-refractivity contribution < 1.29 is 4.74 Å². The highest BCUT2D eigenvalue weighted by Crippen LogP contribution is 2.54. The minimum Gasteiger partial charge on any atom is -0.366 e. The summed E-state index contributed by atoms with van der Waals surface area (Å²) in [5.74, 6) is 0. The van der Waals surface area contributed by atoms with E-state index in [2.05, 4.69) is 59.2 Å². The quantitative estimate of drug-likeness (QED) is 0.474. The fraction of sp³-hybridized carbons (Fsp3) is 0.227. The Hall–Kier alpha value is -2.65. The summed E-state index contributed by atoms with van der Waals surface area (Å²) in [6.45, 7) is 0. The van der Waals surface area contributed by atoms with Gasteiger partial charge in [-0.1, -0.05) is 24.3 Å². The molecule has 0 aliphatic carbocycles. The molecule has 2 aliphatic rings. The van der Waals surface area contributed by atoms with Crippen LogP contribution in [0, 0.1) is 0 Å². The summed E-state index contributed by atoms with van der Waals surface area (Å²) in [4.78, 5) is 4.51. The lowest BCUT2D eigenvalue weighted by Crippen LogP contribution is -2.02. The number of aromatic nitrogens is 2. The third kappa shape index (κ3) is 1.71. The van der Waals surface area contributed by atoms with E-state index in [-0.39, 0.29) is 12.2 Å². The van der Waals surface area contributed by atoms with Gasteiger partial charge in [0.2, 0.25) is 0 Å². The predicted octanol–water partition coefficient (Wildman–Crippen LogP) is 5.30. The van der Waals surface area contributed by atoms with Crippen LogP contribution >= 0.6 is 0 Å². The third-order valence-corrected chi connectivity index (χ3v) is 5.88. The van der Waals surface area contributed by atoms with Crippen molar-refractivity contribution in [3.05, 3.63) is 66.1 Å². The minimum absolute atomic E-state index is 0.265. The zero-order chi connectivity index (χ0) is 16.5. The maximum atomic E-state index is 6.22. The Kier molecular flexibility index (Phi) is 2.56. The lowest BCUT2D eigenvalue weighted by Gasteiger charge is -2.17. The number of ether oxygens (including phenoxy) is 1. The monoisotopic (exact) mass is 326 g/mol. The molecule has 1 fully saturated rings. The highest BCUT2D eigenvalue weighted by Gasteiger charge is 2.40. The highest BCUT2D eigenvalue weighted by atomic mass is 16.5. The molecule has 3 nitrogen and oxygen atoms in total. The summed E-state index contributed by atoms with van der Waals surface area (Å²) in [5, 5.41) is 3.74. The molecule has 1 saturated heterocycles. The van der Waals surface area contributed by atoms with Crippen LogP contribution in [0.25, 0.3) is 32.8 Å². The van der Waals surface area contributed by atoms with Gasteiger partial charge in [0.15, 0.2) is 0 Å². The molecule has 0 amide bonds. The van der Waals surface area contributed by atoms with Crippen LogP contribution in [0.3, 0.4) is 0 Å². The standard InChI is InChI=1S/C22H18N2O/c1-24-9-8-15-16(18-12-23-11-13-4-2-3-5-14(13)18)10-17-19-6-7-20(25-19)21(17)22(15)24/h2-5,8-12,19-20H,6-7H2,1H3. The smallest absolute Gasteiger partial charge is 0.0858 e. The van der Waals surface area contributed by atoms with E-state index in [1.165, 1.54) is 43.9 Å². The number of hydrogen-bond donors (Lipinski definition) is 0. The van der Waals surface area contributed by atoms with E-state index in [0.717, 1.165) is 12.8 Å². The fourth-order valence-corrected chi connectivity index (χ4v) is 4.77. The molecule has 0 saturated carbocycles. The van der Waals surface area contributed by atoms with E-state index in [0.29, 0.717) is 0 Å². The summed E-state index contributed by atoms with van der Waals surface area (Å²) in [6.07, 6.45) is 8.94. The predicted molar refractivity (Wildman–Crippen MR) is 99.5 cm³/mol. The SMILES string of the molecule is Cn1ccc2c(-c3cncc4ccccc34)cc3c(c21)C1CCC3O1. The van der Waals surface area contributed by atoms with Crippen molar-refractivity contribution in [3.63, 3.8) is 0 Å². The Bertz CT molecular complexity index is 1150. The molecule has 3 heteroatoms. The number of rotatable bonds is 1. The first-order chi connectivity index (χ1) is 12.3. The molecule has 2 aromatic heterocycles. The number of benzene rings is 2. The van der Waals surface area contributed by atoms with Gasteiger partial charge >= 0.3 is 0 Å². The maximum Gasteiger partial charge on any atom is 0.0858 e. The van der Waals surface area contributed by atoms with Crippen LogP contribution in [-0.4, -0.2) is 9.55 Å². The van der Waals surface area contributed by atoms with Gasteiger partial charge in [0, 0.05) is 47.5 Å². The van der Waals surface area contributed by atoms with Gasteiger partial charge in [-0.25, -0.2) is 0 Å². The van der Waals surface area contributed by atoms with E-state index in [1.54, 1.807) is 0 Å². The van der Waals surface area contributed by atoms with Crippen LogP contribution in [0.2, 0.25) is 0 Å². The molecule has 2 aliphatic heterocycles. The molecule has 25 heavy (non-hydrogen) atoms. The van der Waals surface area contributed by atoms with E-state index in [1.807, 2.05) is 12.4 Å². The molecule has 122 valence electrons. The minimum atomic E-state index is 0.265. The summed E-state index contributed by atoms with van der Waals surface area (Å²) in [5.41, 5.74) is 6.60. The number of aryl methyl sites for hydroxylation is 1. The molecule has 2 unspecified atom stereocenters. The van der Waals surface area contributed by atoms with Crippen LogP contribution in [0.5, 0.6) is 0 Å². The van der Waals surface area contributed by atoms with E-state index >= 15 is 0 Å². The van der Waals surface area contributed by atoms with E-state index in [4.69, 9.17) is 4.74 Å². The van der Waals surface area contributed by atoms with Gasteiger partial charge in [-0.15, -0.1) is 0 Å². The molecule has 0 spiro atoms. The van der Waals surface area contributed by atoms with Crippen molar-refractivity contribution in [3.8, 4) is 11.1 Å². The largest absolute Gasteiger partial charge is 0.366 e. The number of nitrogens with zero attached hydrogens (tertiary/aromatic N) is 2. The topological polar surface area (TPSA) is 27.1 Å². The summed E-state index contributed by atoms with van der Waals surface area (Å²) in [6, 6.07) is 13.1. The van der Waals surface area contributed by atoms with Crippen molar-refractivity contribution in [2.45, 2.75) is 25.0 Å². The van der Waals surface area contributed by atoms with Crippen LogP contribution in [0.15, 0.2) is 55.0 Å². The second-order valence-electron chi connectivity index (χ2n) is 7.21. The van der Waals surface area contributed by atoms with E-state index < -0.39 is 0 Å². The zero-order valence-corrected chi connectivity index (χ0v) is 14.1. The first kappa shape index (κ1) is 13.6. The van der Waals surface area contributed by atoms with Gasteiger partial charge in [0.25, 0.3) is 0 Å². The Balaban J connectivity index is 1.75. The zero-order valence-electron chi connectivity index (χ0n) is 14.1. The molecule has 2 aromatic carbocycles. The number of hydrogen-bond acceptors (Lipinski definition) is 2. The Morgan fingerprint density at radius 1 is 1.00 bits per heavy atom. The first-order valence-corrected chi connectivity index (χ1v) is 8.91. The fourth-order valence-electron chi connectivity index (χ4n) is 4.77. The van der Waals surface area contributed by atoms with Gasteiger partial charge in [0.05, 0.1) is 17.7 Å². The molecule has 4 heterocycles. The average Bonchev–Trinajstić information content (AvgIpc) is 3.36. The van der Waals surface area contributed by atoms with Crippen molar-refractivity contribution in [2.24, 2.45) is 7.05 Å². The second-order valence-corrected chi connectivity index (χ2v) is 7.21. The van der Waals surface area contributed by atoms with Crippen molar-refractivity contribution in [1.82, 2.24) is 9.55 Å². The van der Waals surface area contributed by atoms with Gasteiger partial charge in [0.1, 0.15) is 0 Å². The Labute approximate surface area is 145 Å². The average molecular weight is 326 g/mol. The molecule has 2 bridgehead atoms. The van der Waals surface area contributed by atoms with Crippen LogP contribution < -0.4 is 0 Å². The molecular formula is C22H18N2O. The van der Waals surface area contributed by atoms with Crippen molar-refractivity contribution in [2.75, 3.05) is 0 Å². The Morgan fingerprint density at radius 3 is 2.84 bits per heavy atom. The van der Waals surface area contributed by atoms with Crippen LogP contribution in [-0.2, 0) is 11.8 Å². The number of pyridine rings is 1. The lowest BCUT2D eigenvalue weighted by molar-refractivity contribution is 0.0720. The molecule has 0 N–H and O–H groups in total. The first-order valence-electron chi connectivity index (χ1n) is 8.91. The molecule has 2 atom stereocenters. The number of fused-ring (bicyclic) bond motifs is 8. The summed E-state index contributed by atoms with van der Waals surface area (Å²) < 4.78 is 8.47. The van der Waals surface area contributed by atoms with Crippen LogP contribution in [0.4, 0.5) is 0 Å². The molecule has 4 aromatic rings. The van der Waals surface area contributed by atoms with Gasteiger partial charge in [-0.05, 0) is 41.5 Å². The second kappa shape index (κ2) is 4.70. The van der Waals surface area contributed by atoms with Crippen molar-refractivity contribution in [1.29, 1.82) is 0 Å². The molecule has 6 rings (SSSR count). The highest BCUT2D eigenvalue weighted by molar-refractivity contribution is 6.06.